The summed E-state index contributed by atoms with van der Waals surface area (Å²) in [6.07, 6.45) is 0. The van der Waals surface area contributed by atoms with E-state index in [9.17, 15) is 0 Å². The number of hydrogen-bond acceptors (Lipinski definition) is 0. The molecule has 0 saturated carbocycles. The Morgan fingerprint density at radius 3 is 1.64 bits per heavy atom. The molecule has 0 aliphatic carbocycles. The number of para-hydroxylation sites is 1. The maximum absolute atomic E-state index is 2.42. The van der Waals surface area contributed by atoms with E-state index in [1.54, 1.807) is 0 Å². The molecule has 0 unspecified atom stereocenters. The van der Waals surface area contributed by atoms with E-state index in [1.807, 2.05) is 0 Å². The fourth-order valence-corrected chi connectivity index (χ4v) is 7.60. The summed E-state index contributed by atoms with van der Waals surface area (Å²) in [4.78, 5) is 0. The number of hydrogen-bond donors (Lipinski definition) is 0. The van der Waals surface area contributed by atoms with Crippen molar-refractivity contribution in [2.75, 3.05) is 0 Å². The smallest absolute Gasteiger partial charge is 0.0491 e. The normalized spacial score (nSPS) is 11.8. The maximum Gasteiger partial charge on any atom is 0.0491 e. The van der Waals surface area contributed by atoms with Gasteiger partial charge in [-0.15, -0.1) is 0 Å². The van der Waals surface area contributed by atoms with Crippen molar-refractivity contribution >= 4 is 54.1 Å². The third kappa shape index (κ3) is 3.94. The van der Waals surface area contributed by atoms with Gasteiger partial charge in [0, 0.05) is 28.4 Å². The van der Waals surface area contributed by atoms with Crippen LogP contribution in [0.5, 0.6) is 0 Å². The van der Waals surface area contributed by atoms with Crippen LogP contribution in [-0.2, 0) is 6.54 Å². The monoisotopic (exact) mass is 573 g/mol. The molecule has 9 aromatic rings. The Bertz CT molecular complexity index is 2520. The van der Waals surface area contributed by atoms with Gasteiger partial charge in [0.15, 0.2) is 0 Å². The minimum atomic E-state index is 0.952. The van der Waals surface area contributed by atoms with Gasteiger partial charge in [-0.1, -0.05) is 133 Å². The van der Waals surface area contributed by atoms with E-state index in [2.05, 4.69) is 169 Å². The van der Waals surface area contributed by atoms with Gasteiger partial charge in [-0.2, -0.15) is 0 Å². The Morgan fingerprint density at radius 2 is 0.911 bits per heavy atom. The molecule has 45 heavy (non-hydrogen) atoms. The van der Waals surface area contributed by atoms with E-state index in [1.165, 1.54) is 87.5 Å². The molecule has 0 N–H and O–H groups in total. The largest absolute Gasteiger partial charge is 0.341 e. The third-order valence-electron chi connectivity index (χ3n) is 9.56. The highest BCUT2D eigenvalue weighted by molar-refractivity contribution is 6.23. The maximum atomic E-state index is 2.42. The first-order valence-corrected chi connectivity index (χ1v) is 15.8. The average molecular weight is 574 g/mol. The summed E-state index contributed by atoms with van der Waals surface area (Å²) in [7, 11) is 0. The highest BCUT2D eigenvalue weighted by Gasteiger charge is 2.18. The highest BCUT2D eigenvalue weighted by Crippen LogP contribution is 2.45. The van der Waals surface area contributed by atoms with E-state index < -0.39 is 0 Å². The second-order valence-electron chi connectivity index (χ2n) is 11.9. The average Bonchev–Trinajstić information content (AvgIpc) is 3.43. The molecule has 212 valence electrons. The van der Waals surface area contributed by atoms with Gasteiger partial charge in [0.2, 0.25) is 0 Å². The summed E-state index contributed by atoms with van der Waals surface area (Å²) in [6.45, 7) is 3.18. The predicted molar refractivity (Wildman–Crippen MR) is 194 cm³/mol. The fourth-order valence-electron chi connectivity index (χ4n) is 7.60. The number of aryl methyl sites for hydroxylation is 1. The Hall–Kier alpha value is -5.66. The Kier molecular flexibility index (Phi) is 5.86. The summed E-state index contributed by atoms with van der Waals surface area (Å²) < 4.78 is 2.42. The molecule has 0 bridgehead atoms. The summed E-state index contributed by atoms with van der Waals surface area (Å²) in [5.74, 6) is 0. The first-order valence-electron chi connectivity index (χ1n) is 15.8. The van der Waals surface area contributed by atoms with Gasteiger partial charge < -0.3 is 4.57 Å². The molecule has 1 heteroatoms. The van der Waals surface area contributed by atoms with Crippen molar-refractivity contribution in [3.8, 4) is 33.4 Å². The molecule has 1 aromatic heterocycles. The lowest BCUT2D eigenvalue weighted by molar-refractivity contribution is 0.827. The Balaban J connectivity index is 1.29. The molecule has 1 nitrogen and oxygen atoms in total. The van der Waals surface area contributed by atoms with Crippen molar-refractivity contribution in [3.63, 3.8) is 0 Å². The molecule has 0 spiro atoms. The number of nitrogens with zero attached hydrogens (tertiary/aromatic N) is 1. The van der Waals surface area contributed by atoms with Gasteiger partial charge in [0.05, 0.1) is 0 Å². The van der Waals surface area contributed by atoms with Crippen LogP contribution >= 0.6 is 0 Å². The lowest BCUT2D eigenvalue weighted by atomic mass is 9.84. The minimum absolute atomic E-state index is 0.952. The third-order valence-corrected chi connectivity index (χ3v) is 9.56. The molecule has 0 aliphatic rings. The molecule has 9 rings (SSSR count). The fraction of sp³-hybridized carbons (Fsp3) is 0.0455. The molecule has 0 atom stereocenters. The molecule has 0 radical (unpaired) electrons. The lowest BCUT2D eigenvalue weighted by Crippen LogP contribution is -1.92. The van der Waals surface area contributed by atoms with Gasteiger partial charge in [-0.25, -0.2) is 0 Å². The van der Waals surface area contributed by atoms with Crippen LogP contribution in [0.1, 0.15) is 6.92 Å². The standard InChI is InChI=1S/C44H31N/c1-2-45-41-24-10-9-18-34(41)40-28-31(25-26-42(40)45)30-15-11-16-32(27-30)43-36-19-5-7-21-38(36)44(39-22-8-6-20-37(39)43)35-23-12-14-29-13-3-4-17-33(29)35/h3-28H,2H2,1H3. The van der Waals surface area contributed by atoms with Gasteiger partial charge in [-0.05, 0) is 96.9 Å². The van der Waals surface area contributed by atoms with Crippen LogP contribution in [0.15, 0.2) is 158 Å². The molecule has 0 fully saturated rings. The summed E-state index contributed by atoms with van der Waals surface area (Å²) in [6, 6.07) is 58.1. The van der Waals surface area contributed by atoms with Crippen molar-refractivity contribution in [2.24, 2.45) is 0 Å². The van der Waals surface area contributed by atoms with Crippen molar-refractivity contribution in [1.82, 2.24) is 4.57 Å². The van der Waals surface area contributed by atoms with Gasteiger partial charge >= 0.3 is 0 Å². The SMILES string of the molecule is CCn1c2ccccc2c2cc(-c3cccc(-c4c5ccccc5c(-c5cccc6ccccc56)c5ccccc45)c3)ccc21. The quantitative estimate of drug-likeness (QED) is 0.185. The summed E-state index contributed by atoms with van der Waals surface area (Å²) in [5.41, 5.74) is 10.2. The number of aromatic nitrogens is 1. The number of fused-ring (bicyclic) bond motifs is 6. The number of rotatable bonds is 4. The molecule has 0 aliphatic heterocycles. The van der Waals surface area contributed by atoms with Crippen LogP contribution in [0.25, 0.3) is 87.5 Å². The van der Waals surface area contributed by atoms with Crippen LogP contribution in [-0.4, -0.2) is 4.57 Å². The Morgan fingerprint density at radius 1 is 0.378 bits per heavy atom. The van der Waals surface area contributed by atoms with Crippen LogP contribution in [0, 0.1) is 0 Å². The summed E-state index contributed by atoms with van der Waals surface area (Å²) in [5, 5.41) is 10.3. The molecule has 1 heterocycles. The minimum Gasteiger partial charge on any atom is -0.341 e. The molecule has 0 amide bonds. The molecular formula is C44H31N. The zero-order valence-corrected chi connectivity index (χ0v) is 25.2. The Labute approximate surface area is 262 Å². The van der Waals surface area contributed by atoms with E-state index in [-0.39, 0.29) is 0 Å². The predicted octanol–water partition coefficient (Wildman–Crippen LogP) is 12.3. The second-order valence-corrected chi connectivity index (χ2v) is 11.9. The topological polar surface area (TPSA) is 4.93 Å². The van der Waals surface area contributed by atoms with Gasteiger partial charge in [-0.3, -0.25) is 0 Å². The number of benzene rings is 8. The van der Waals surface area contributed by atoms with E-state index in [0.29, 0.717) is 0 Å². The zero-order chi connectivity index (χ0) is 29.9. The molecule has 8 aromatic carbocycles. The van der Waals surface area contributed by atoms with Crippen LogP contribution < -0.4 is 0 Å². The van der Waals surface area contributed by atoms with Crippen LogP contribution in [0.4, 0.5) is 0 Å². The lowest BCUT2D eigenvalue weighted by Gasteiger charge is -2.19. The molecule has 0 saturated heterocycles. The van der Waals surface area contributed by atoms with Crippen molar-refractivity contribution in [3.05, 3.63) is 158 Å². The van der Waals surface area contributed by atoms with Gasteiger partial charge in [0.1, 0.15) is 0 Å². The van der Waals surface area contributed by atoms with Crippen molar-refractivity contribution in [1.29, 1.82) is 0 Å². The second kappa shape index (κ2) is 10.2. The zero-order valence-electron chi connectivity index (χ0n) is 25.2. The van der Waals surface area contributed by atoms with Crippen molar-refractivity contribution < 1.29 is 0 Å². The van der Waals surface area contributed by atoms with E-state index >= 15 is 0 Å². The van der Waals surface area contributed by atoms with Crippen LogP contribution in [0.3, 0.4) is 0 Å². The van der Waals surface area contributed by atoms with E-state index in [0.717, 1.165) is 6.54 Å². The first kappa shape index (κ1) is 25.8. The molecular weight excluding hydrogens is 542 g/mol. The van der Waals surface area contributed by atoms with Crippen LogP contribution in [0.2, 0.25) is 0 Å². The van der Waals surface area contributed by atoms with Gasteiger partial charge in [0.25, 0.3) is 0 Å². The van der Waals surface area contributed by atoms with E-state index in [4.69, 9.17) is 0 Å². The first-order chi connectivity index (χ1) is 22.3. The van der Waals surface area contributed by atoms with Crippen molar-refractivity contribution in [2.45, 2.75) is 13.5 Å². The highest BCUT2D eigenvalue weighted by atomic mass is 15.0. The summed E-state index contributed by atoms with van der Waals surface area (Å²) >= 11 is 0.